The summed E-state index contributed by atoms with van der Waals surface area (Å²) in [6.45, 7) is 1.78. The van der Waals surface area contributed by atoms with E-state index in [0.717, 1.165) is 10.6 Å². The van der Waals surface area contributed by atoms with E-state index in [1.54, 1.807) is 11.3 Å². The van der Waals surface area contributed by atoms with Crippen molar-refractivity contribution in [1.82, 2.24) is 9.38 Å². The second-order valence-electron chi connectivity index (χ2n) is 3.70. The summed E-state index contributed by atoms with van der Waals surface area (Å²) in [5, 5.41) is 9.03. The highest BCUT2D eigenvalue weighted by atomic mass is 35.5. The van der Waals surface area contributed by atoms with Crippen LogP contribution in [0, 0.1) is 6.92 Å². The van der Waals surface area contributed by atoms with Crippen molar-refractivity contribution < 1.29 is 9.90 Å². The van der Waals surface area contributed by atoms with Gasteiger partial charge in [-0.05, 0) is 19.1 Å². The first-order valence-corrected chi connectivity index (χ1v) is 7.05. The summed E-state index contributed by atoms with van der Waals surface area (Å²) in [7, 11) is 0. The second kappa shape index (κ2) is 4.08. The monoisotopic (exact) mass is 298 g/mol. The van der Waals surface area contributed by atoms with Gasteiger partial charge in [-0.25, -0.2) is 9.78 Å². The minimum Gasteiger partial charge on any atom is -0.477 e. The van der Waals surface area contributed by atoms with E-state index in [-0.39, 0.29) is 0 Å². The number of hydrogen-bond donors (Lipinski definition) is 1. The molecule has 7 heteroatoms. The van der Waals surface area contributed by atoms with Crippen LogP contribution in [0.1, 0.15) is 15.4 Å². The molecule has 0 aliphatic carbocycles. The Kier molecular flexibility index (Phi) is 2.65. The van der Waals surface area contributed by atoms with Gasteiger partial charge >= 0.3 is 5.97 Å². The Labute approximate surface area is 115 Å². The topological polar surface area (TPSA) is 54.6 Å². The summed E-state index contributed by atoms with van der Waals surface area (Å²) >= 11 is 8.52. The Hall–Kier alpha value is -1.37. The average Bonchev–Trinajstić information content (AvgIpc) is 2.95. The van der Waals surface area contributed by atoms with Gasteiger partial charge in [-0.1, -0.05) is 22.9 Å². The maximum Gasteiger partial charge on any atom is 0.347 e. The fraction of sp³-hybridized carbons (Fsp3) is 0.0909. The van der Waals surface area contributed by atoms with E-state index in [1.165, 1.54) is 22.7 Å². The molecule has 3 heterocycles. The van der Waals surface area contributed by atoms with Gasteiger partial charge in [-0.3, -0.25) is 4.40 Å². The summed E-state index contributed by atoms with van der Waals surface area (Å²) in [6.07, 6.45) is 1.84. The molecule has 0 saturated carbocycles. The van der Waals surface area contributed by atoms with E-state index in [9.17, 15) is 4.79 Å². The minimum atomic E-state index is -0.913. The number of rotatable bonds is 2. The molecule has 18 heavy (non-hydrogen) atoms. The highest BCUT2D eigenvalue weighted by Gasteiger charge is 2.17. The maximum absolute atomic E-state index is 11.0. The summed E-state index contributed by atoms with van der Waals surface area (Å²) in [4.78, 5) is 17.4. The number of imidazole rings is 1. The molecule has 0 radical (unpaired) electrons. The van der Waals surface area contributed by atoms with Crippen LogP contribution in [0.5, 0.6) is 0 Å². The number of aromatic carboxylic acids is 1. The lowest BCUT2D eigenvalue weighted by Gasteiger charge is -1.91. The SMILES string of the molecule is Cc1c(C(=O)O)sc2nc(-c3ccc(Cl)s3)cn12. The van der Waals surface area contributed by atoms with Crippen LogP contribution in [0.25, 0.3) is 15.5 Å². The molecule has 92 valence electrons. The standard InChI is InChI=1S/C11H7ClN2O2S2/c1-5-9(10(15)16)18-11-13-6(4-14(5)11)7-2-3-8(12)17-7/h2-4H,1H3,(H,15,16). The minimum absolute atomic E-state index is 0.327. The second-order valence-corrected chi connectivity index (χ2v) is 6.40. The summed E-state index contributed by atoms with van der Waals surface area (Å²) in [6, 6.07) is 3.73. The van der Waals surface area contributed by atoms with Crippen LogP contribution < -0.4 is 0 Å². The Bertz CT molecular complexity index is 756. The third kappa shape index (κ3) is 1.73. The highest BCUT2D eigenvalue weighted by molar-refractivity contribution is 7.19. The van der Waals surface area contributed by atoms with Crippen molar-refractivity contribution in [2.24, 2.45) is 0 Å². The highest BCUT2D eigenvalue weighted by Crippen LogP contribution is 2.32. The molecular weight excluding hydrogens is 292 g/mol. The third-order valence-corrected chi connectivity index (χ3v) is 4.98. The van der Waals surface area contributed by atoms with E-state index in [0.29, 0.717) is 19.9 Å². The molecule has 3 aromatic rings. The number of carboxylic acid groups (broad SMARTS) is 1. The lowest BCUT2D eigenvalue weighted by Crippen LogP contribution is -1.96. The van der Waals surface area contributed by atoms with E-state index in [4.69, 9.17) is 16.7 Å². The lowest BCUT2D eigenvalue weighted by molar-refractivity contribution is 0.0701. The zero-order chi connectivity index (χ0) is 12.9. The summed E-state index contributed by atoms with van der Waals surface area (Å²) < 4.78 is 2.51. The van der Waals surface area contributed by atoms with Gasteiger partial charge in [-0.15, -0.1) is 11.3 Å². The van der Waals surface area contributed by atoms with Crippen LogP contribution in [-0.4, -0.2) is 20.5 Å². The number of thiazole rings is 1. The fourth-order valence-electron chi connectivity index (χ4n) is 1.72. The van der Waals surface area contributed by atoms with E-state index < -0.39 is 5.97 Å². The molecule has 0 aliphatic heterocycles. The summed E-state index contributed by atoms with van der Waals surface area (Å²) in [5.74, 6) is -0.913. The van der Waals surface area contributed by atoms with Crippen LogP contribution in [0.4, 0.5) is 0 Å². The van der Waals surface area contributed by atoms with Crippen LogP contribution >= 0.6 is 34.3 Å². The largest absolute Gasteiger partial charge is 0.477 e. The van der Waals surface area contributed by atoms with Crippen molar-refractivity contribution in [2.45, 2.75) is 6.92 Å². The van der Waals surface area contributed by atoms with Gasteiger partial charge in [0.25, 0.3) is 0 Å². The molecule has 0 aromatic carbocycles. The number of hydrogen-bond acceptors (Lipinski definition) is 4. The third-order valence-electron chi connectivity index (χ3n) is 2.58. The Morgan fingerprint density at radius 3 is 2.78 bits per heavy atom. The predicted molar refractivity (Wildman–Crippen MR) is 73.1 cm³/mol. The number of aryl methyl sites for hydroxylation is 1. The van der Waals surface area contributed by atoms with Gasteiger partial charge < -0.3 is 5.11 Å². The van der Waals surface area contributed by atoms with Gasteiger partial charge in [0.2, 0.25) is 0 Å². The van der Waals surface area contributed by atoms with Crippen molar-refractivity contribution >= 4 is 45.2 Å². The molecule has 0 atom stereocenters. The molecule has 1 N–H and O–H groups in total. The number of halogens is 1. The molecule has 0 amide bonds. The zero-order valence-corrected chi connectivity index (χ0v) is 11.6. The lowest BCUT2D eigenvalue weighted by atomic mass is 10.3. The Morgan fingerprint density at radius 2 is 2.22 bits per heavy atom. The van der Waals surface area contributed by atoms with E-state index >= 15 is 0 Å². The Balaban J connectivity index is 2.16. The quantitative estimate of drug-likeness (QED) is 0.783. The smallest absolute Gasteiger partial charge is 0.347 e. The van der Waals surface area contributed by atoms with Gasteiger partial charge in [0.1, 0.15) is 10.6 Å². The van der Waals surface area contributed by atoms with Gasteiger partial charge in [0, 0.05) is 11.9 Å². The molecule has 0 unspecified atom stereocenters. The van der Waals surface area contributed by atoms with Crippen LogP contribution in [0.3, 0.4) is 0 Å². The molecule has 0 spiro atoms. The van der Waals surface area contributed by atoms with Crippen molar-refractivity contribution in [3.8, 4) is 10.6 Å². The molecule has 4 nitrogen and oxygen atoms in total. The normalized spacial score (nSPS) is 11.2. The van der Waals surface area contributed by atoms with Gasteiger partial charge in [0.05, 0.1) is 9.21 Å². The van der Waals surface area contributed by atoms with Gasteiger partial charge in [0.15, 0.2) is 4.96 Å². The molecular formula is C11H7ClN2O2S2. The van der Waals surface area contributed by atoms with Crippen LogP contribution in [0.15, 0.2) is 18.3 Å². The van der Waals surface area contributed by atoms with Crippen molar-refractivity contribution in [2.75, 3.05) is 0 Å². The first kappa shape index (κ1) is 11.7. The number of thiophene rings is 1. The number of carbonyl (C=O) groups is 1. The first-order chi connectivity index (χ1) is 8.56. The molecule has 0 bridgehead atoms. The number of aromatic nitrogens is 2. The zero-order valence-electron chi connectivity index (χ0n) is 9.18. The average molecular weight is 299 g/mol. The van der Waals surface area contributed by atoms with Crippen molar-refractivity contribution in [3.63, 3.8) is 0 Å². The fourth-order valence-corrected chi connectivity index (χ4v) is 3.66. The molecule has 3 rings (SSSR count). The van der Waals surface area contributed by atoms with Gasteiger partial charge in [-0.2, -0.15) is 0 Å². The molecule has 3 aromatic heterocycles. The summed E-state index contributed by atoms with van der Waals surface area (Å²) in [5.41, 5.74) is 1.52. The molecule has 0 aliphatic rings. The number of nitrogens with zero attached hydrogens (tertiary/aromatic N) is 2. The van der Waals surface area contributed by atoms with E-state index in [2.05, 4.69) is 4.98 Å². The van der Waals surface area contributed by atoms with E-state index in [1.807, 2.05) is 18.3 Å². The molecule has 0 saturated heterocycles. The molecule has 0 fully saturated rings. The Morgan fingerprint density at radius 1 is 1.44 bits per heavy atom. The van der Waals surface area contributed by atoms with Crippen LogP contribution in [-0.2, 0) is 0 Å². The first-order valence-electron chi connectivity index (χ1n) is 5.04. The number of carboxylic acids is 1. The van der Waals surface area contributed by atoms with Crippen molar-refractivity contribution in [1.29, 1.82) is 0 Å². The maximum atomic E-state index is 11.0. The van der Waals surface area contributed by atoms with Crippen molar-refractivity contribution in [3.05, 3.63) is 33.2 Å². The van der Waals surface area contributed by atoms with Crippen LogP contribution in [0.2, 0.25) is 4.34 Å². The number of fused-ring (bicyclic) bond motifs is 1. The predicted octanol–water partition coefficient (Wildman–Crippen LogP) is 3.78.